The highest BCUT2D eigenvalue weighted by Crippen LogP contribution is 2.19. The van der Waals surface area contributed by atoms with Crippen LogP contribution in [0.3, 0.4) is 0 Å². The van der Waals surface area contributed by atoms with Crippen molar-refractivity contribution in [1.82, 2.24) is 30.2 Å². The minimum absolute atomic E-state index is 0.183. The second kappa shape index (κ2) is 3.43. The maximum Gasteiger partial charge on any atom is 0.380 e. The molecule has 7 nitrogen and oxygen atoms in total. The molecule has 1 N–H and O–H groups in total. The molecule has 0 saturated heterocycles. The van der Waals surface area contributed by atoms with Gasteiger partial charge in [0.2, 0.25) is 0 Å². The van der Waals surface area contributed by atoms with E-state index in [2.05, 4.69) is 25.5 Å². The summed E-state index contributed by atoms with van der Waals surface area (Å²) in [7, 11) is 0. The van der Waals surface area contributed by atoms with Crippen molar-refractivity contribution in [2.75, 3.05) is 0 Å². The maximum absolute atomic E-state index is 10.7. The number of hydrogen-bond donors (Lipinski definition) is 1. The molecule has 0 spiro atoms. The predicted molar refractivity (Wildman–Crippen MR) is 52.1 cm³/mol. The molecule has 8 heteroatoms. The van der Waals surface area contributed by atoms with E-state index >= 15 is 0 Å². The van der Waals surface area contributed by atoms with Crippen molar-refractivity contribution in [3.63, 3.8) is 0 Å². The van der Waals surface area contributed by atoms with Crippen molar-refractivity contribution in [2.24, 2.45) is 0 Å². The van der Waals surface area contributed by atoms with Crippen LogP contribution in [-0.2, 0) is 0 Å². The number of aromatic nitrogens is 6. The molecule has 0 saturated carbocycles. The third kappa shape index (κ3) is 1.61. The van der Waals surface area contributed by atoms with E-state index in [0.717, 1.165) is 0 Å². The first-order valence-electron chi connectivity index (χ1n) is 4.11. The van der Waals surface area contributed by atoms with E-state index in [1.54, 1.807) is 13.8 Å². The Hall–Kier alpha value is -1.76. The van der Waals surface area contributed by atoms with Crippen LogP contribution >= 0.6 is 11.6 Å². The lowest BCUT2D eigenvalue weighted by molar-refractivity contribution is 0.692. The first kappa shape index (κ1) is 9.78. The van der Waals surface area contributed by atoms with E-state index in [9.17, 15) is 4.79 Å². The van der Waals surface area contributed by atoms with E-state index in [4.69, 9.17) is 11.6 Å². The van der Waals surface area contributed by atoms with Gasteiger partial charge in [-0.05, 0) is 13.8 Å². The highest BCUT2D eigenvalue weighted by atomic mass is 35.5. The monoisotopic (exact) mass is 226 g/mol. The van der Waals surface area contributed by atoms with Crippen LogP contribution < -0.4 is 5.69 Å². The third-order valence-electron chi connectivity index (χ3n) is 1.87. The van der Waals surface area contributed by atoms with Gasteiger partial charge in [-0.15, -0.1) is 10.2 Å². The number of rotatable bonds is 1. The zero-order valence-corrected chi connectivity index (χ0v) is 8.78. The topological polar surface area (TPSA) is 89.4 Å². The number of H-pyrrole nitrogens is 1. The van der Waals surface area contributed by atoms with E-state index < -0.39 is 5.69 Å². The van der Waals surface area contributed by atoms with Crippen LogP contribution in [0.15, 0.2) is 4.79 Å². The average molecular weight is 227 g/mol. The summed E-state index contributed by atoms with van der Waals surface area (Å²) in [6.45, 7) is 3.54. The summed E-state index contributed by atoms with van der Waals surface area (Å²) in [4.78, 5) is 10.7. The van der Waals surface area contributed by atoms with Crippen molar-refractivity contribution in [3.8, 4) is 5.95 Å². The van der Waals surface area contributed by atoms with Gasteiger partial charge in [-0.25, -0.2) is 9.89 Å². The largest absolute Gasteiger partial charge is 0.380 e. The first-order valence-corrected chi connectivity index (χ1v) is 4.49. The summed E-state index contributed by atoms with van der Waals surface area (Å²) >= 11 is 5.95. The van der Waals surface area contributed by atoms with Crippen LogP contribution in [0.25, 0.3) is 5.95 Å². The van der Waals surface area contributed by atoms with Gasteiger partial charge in [-0.1, -0.05) is 16.7 Å². The summed E-state index contributed by atoms with van der Waals surface area (Å²) in [5, 5.41) is 17.4. The molecule has 0 aliphatic heterocycles. The molecule has 0 amide bonds. The van der Waals surface area contributed by atoms with E-state index in [-0.39, 0.29) is 5.95 Å². The van der Waals surface area contributed by atoms with Gasteiger partial charge in [-0.3, -0.25) is 0 Å². The Morgan fingerprint density at radius 1 is 1.33 bits per heavy atom. The van der Waals surface area contributed by atoms with Crippen molar-refractivity contribution < 1.29 is 0 Å². The Balaban J connectivity index is 2.59. The maximum atomic E-state index is 10.7. The normalized spacial score (nSPS) is 10.6. The molecule has 0 unspecified atom stereocenters. The summed E-state index contributed by atoms with van der Waals surface area (Å²) in [6.07, 6.45) is 0. The minimum Gasteiger partial charge on any atom is -0.243 e. The van der Waals surface area contributed by atoms with Crippen molar-refractivity contribution in [3.05, 3.63) is 26.9 Å². The van der Waals surface area contributed by atoms with Crippen molar-refractivity contribution >= 4 is 11.6 Å². The molecule has 0 aliphatic carbocycles. The molecule has 2 heterocycles. The molecule has 0 bridgehead atoms. The number of hydrogen-bond acceptors (Lipinski definition) is 5. The summed E-state index contributed by atoms with van der Waals surface area (Å²) in [5.41, 5.74) is 0.762. The molecule has 0 aliphatic rings. The highest BCUT2D eigenvalue weighted by molar-refractivity contribution is 6.31. The lowest BCUT2D eigenvalue weighted by Crippen LogP contribution is -2.18. The van der Waals surface area contributed by atoms with Gasteiger partial charge in [-0.2, -0.15) is 9.78 Å². The van der Waals surface area contributed by atoms with E-state index in [0.29, 0.717) is 16.4 Å². The summed E-state index contributed by atoms with van der Waals surface area (Å²) in [6, 6.07) is 0. The second-order valence-electron chi connectivity index (χ2n) is 2.93. The van der Waals surface area contributed by atoms with Crippen molar-refractivity contribution in [1.29, 1.82) is 0 Å². The standard InChI is InChI=1S/C7H7ClN6O/c1-3-5(8)4(2)14(13-3)6-9-11-7(15)12-10-6/h1-2H3,(H,11,12,15). The van der Waals surface area contributed by atoms with Crippen LogP contribution in [0, 0.1) is 13.8 Å². The summed E-state index contributed by atoms with van der Waals surface area (Å²) in [5.74, 6) is 0.183. The first-order chi connectivity index (χ1) is 7.09. The van der Waals surface area contributed by atoms with E-state index in [1.165, 1.54) is 4.68 Å². The number of nitrogens with one attached hydrogen (secondary N) is 1. The molecule has 0 fully saturated rings. The fourth-order valence-corrected chi connectivity index (χ4v) is 1.26. The number of halogens is 1. The van der Waals surface area contributed by atoms with Crippen LogP contribution in [0.2, 0.25) is 5.02 Å². The van der Waals surface area contributed by atoms with Crippen LogP contribution in [0.5, 0.6) is 0 Å². The second-order valence-corrected chi connectivity index (χ2v) is 3.30. The zero-order chi connectivity index (χ0) is 11.0. The number of nitrogens with zero attached hydrogens (tertiary/aromatic N) is 5. The van der Waals surface area contributed by atoms with Gasteiger partial charge in [0.15, 0.2) is 0 Å². The predicted octanol–water partition coefficient (Wildman–Crippen LogP) is 0.0158. The van der Waals surface area contributed by atoms with Gasteiger partial charge in [0, 0.05) is 0 Å². The summed E-state index contributed by atoms with van der Waals surface area (Å²) < 4.78 is 1.42. The molecular formula is C7H7ClN6O. The molecule has 2 aromatic heterocycles. The minimum atomic E-state index is -0.605. The molecule has 0 aromatic carbocycles. The Kier molecular flexibility index (Phi) is 2.24. The number of aryl methyl sites for hydroxylation is 1. The molecular weight excluding hydrogens is 220 g/mol. The lowest BCUT2D eigenvalue weighted by Gasteiger charge is -1.98. The Morgan fingerprint density at radius 2 is 2.07 bits per heavy atom. The highest BCUT2D eigenvalue weighted by Gasteiger charge is 2.12. The van der Waals surface area contributed by atoms with Gasteiger partial charge in [0.1, 0.15) is 0 Å². The molecule has 2 aromatic rings. The zero-order valence-electron chi connectivity index (χ0n) is 8.02. The van der Waals surface area contributed by atoms with Crippen LogP contribution in [0.4, 0.5) is 0 Å². The molecule has 0 atom stereocenters. The molecule has 2 rings (SSSR count). The van der Waals surface area contributed by atoms with Gasteiger partial charge in [0.05, 0.1) is 16.4 Å². The molecule has 78 valence electrons. The van der Waals surface area contributed by atoms with Gasteiger partial charge < -0.3 is 0 Å². The Labute approximate surface area is 89.1 Å². The quantitative estimate of drug-likeness (QED) is 0.740. The number of aromatic amines is 1. The van der Waals surface area contributed by atoms with E-state index in [1.807, 2.05) is 0 Å². The fraction of sp³-hybridized carbons (Fsp3) is 0.286. The SMILES string of the molecule is Cc1nn(-c2nnc(=O)[nH]n2)c(C)c1Cl. The van der Waals surface area contributed by atoms with Crippen LogP contribution in [0.1, 0.15) is 11.4 Å². The van der Waals surface area contributed by atoms with Crippen molar-refractivity contribution in [2.45, 2.75) is 13.8 Å². The third-order valence-corrected chi connectivity index (χ3v) is 2.42. The Bertz CT molecular complexity index is 539. The smallest absolute Gasteiger partial charge is 0.243 e. The average Bonchev–Trinajstić information content (AvgIpc) is 2.47. The van der Waals surface area contributed by atoms with Gasteiger partial charge >= 0.3 is 5.69 Å². The molecule has 0 radical (unpaired) electrons. The van der Waals surface area contributed by atoms with Crippen LogP contribution in [-0.4, -0.2) is 30.2 Å². The van der Waals surface area contributed by atoms with Gasteiger partial charge in [0.25, 0.3) is 5.95 Å². The molecule has 15 heavy (non-hydrogen) atoms. The fourth-order valence-electron chi connectivity index (χ4n) is 1.14. The Morgan fingerprint density at radius 3 is 2.53 bits per heavy atom. The lowest BCUT2D eigenvalue weighted by atomic mass is 10.4.